The summed E-state index contributed by atoms with van der Waals surface area (Å²) >= 11 is 0. The van der Waals surface area contributed by atoms with Gasteiger partial charge in [-0.3, -0.25) is 4.79 Å². The molecule has 0 fully saturated rings. The first-order chi connectivity index (χ1) is 6.46. The first-order valence-electron chi connectivity index (χ1n) is 3.77. The summed E-state index contributed by atoms with van der Waals surface area (Å²) in [6, 6.07) is 0.209. The molecule has 7 heteroatoms. The number of rotatable bonds is 2. The van der Waals surface area contributed by atoms with Crippen LogP contribution in [0.15, 0.2) is 23.1 Å². The van der Waals surface area contributed by atoms with Gasteiger partial charge in [-0.2, -0.15) is 18.3 Å². The van der Waals surface area contributed by atoms with E-state index in [-0.39, 0.29) is 0 Å². The van der Waals surface area contributed by atoms with Crippen molar-refractivity contribution in [2.45, 2.75) is 12.2 Å². The molecule has 78 valence electrons. The van der Waals surface area contributed by atoms with Gasteiger partial charge < -0.3 is 5.73 Å². The summed E-state index contributed by atoms with van der Waals surface area (Å²) in [4.78, 5) is 11.0. The number of alkyl halides is 3. The number of aromatic nitrogens is 2. The zero-order chi connectivity index (χ0) is 10.8. The Balaban J connectivity index is 3.14. The van der Waals surface area contributed by atoms with Crippen LogP contribution in [0.4, 0.5) is 13.2 Å². The summed E-state index contributed by atoms with van der Waals surface area (Å²) in [6.07, 6.45) is -3.46. The minimum atomic E-state index is -4.56. The summed E-state index contributed by atoms with van der Waals surface area (Å²) in [5.74, 6) is 0. The average molecular weight is 207 g/mol. The molecule has 0 aliphatic carbocycles. The predicted molar refractivity (Wildman–Crippen MR) is 42.6 cm³/mol. The second-order valence-electron chi connectivity index (χ2n) is 2.60. The van der Waals surface area contributed by atoms with Crippen LogP contribution >= 0.6 is 0 Å². The fourth-order valence-electron chi connectivity index (χ4n) is 0.975. The number of halogens is 3. The third-order valence-corrected chi connectivity index (χ3v) is 1.64. The van der Waals surface area contributed by atoms with Crippen LogP contribution in [0.2, 0.25) is 0 Å². The van der Waals surface area contributed by atoms with Crippen LogP contribution in [0, 0.1) is 0 Å². The van der Waals surface area contributed by atoms with E-state index in [1.807, 2.05) is 0 Å². The second-order valence-corrected chi connectivity index (χ2v) is 2.60. The third kappa shape index (κ3) is 2.11. The standard InChI is InChI=1S/C7H8F3N3O/c8-7(9,10)5(4-11)13-6(14)2-1-3-12-13/h1-3,5H,4,11H2. The van der Waals surface area contributed by atoms with Crippen LogP contribution in [-0.4, -0.2) is 22.5 Å². The van der Waals surface area contributed by atoms with E-state index in [0.29, 0.717) is 4.68 Å². The fraction of sp³-hybridized carbons (Fsp3) is 0.429. The molecule has 1 aromatic heterocycles. The second kappa shape index (κ2) is 3.79. The van der Waals surface area contributed by atoms with Gasteiger partial charge in [0.15, 0.2) is 6.04 Å². The molecule has 0 spiro atoms. The van der Waals surface area contributed by atoms with Gasteiger partial charge in [-0.1, -0.05) is 0 Å². The van der Waals surface area contributed by atoms with Crippen molar-refractivity contribution >= 4 is 0 Å². The summed E-state index contributed by atoms with van der Waals surface area (Å²) < 4.78 is 37.3. The molecule has 1 atom stereocenters. The van der Waals surface area contributed by atoms with Crippen LogP contribution in [0.5, 0.6) is 0 Å². The zero-order valence-electron chi connectivity index (χ0n) is 7.03. The van der Waals surface area contributed by atoms with Crippen molar-refractivity contribution in [3.63, 3.8) is 0 Å². The molecule has 0 radical (unpaired) electrons. The van der Waals surface area contributed by atoms with Crippen LogP contribution < -0.4 is 11.3 Å². The van der Waals surface area contributed by atoms with Crippen molar-refractivity contribution in [1.82, 2.24) is 9.78 Å². The Morgan fingerprint density at radius 3 is 2.64 bits per heavy atom. The highest BCUT2D eigenvalue weighted by Crippen LogP contribution is 2.27. The Morgan fingerprint density at radius 2 is 2.21 bits per heavy atom. The molecule has 0 saturated heterocycles. The lowest BCUT2D eigenvalue weighted by Gasteiger charge is -2.18. The van der Waals surface area contributed by atoms with E-state index in [2.05, 4.69) is 5.10 Å². The van der Waals surface area contributed by atoms with Gasteiger partial charge in [0.2, 0.25) is 0 Å². The molecule has 0 aliphatic heterocycles. The monoisotopic (exact) mass is 207 g/mol. The molecule has 2 N–H and O–H groups in total. The van der Waals surface area contributed by atoms with Crippen molar-refractivity contribution in [2.24, 2.45) is 5.73 Å². The molecular formula is C7H8F3N3O. The highest BCUT2D eigenvalue weighted by atomic mass is 19.4. The topological polar surface area (TPSA) is 60.9 Å². The van der Waals surface area contributed by atoms with Gasteiger partial charge in [0.1, 0.15) is 0 Å². The van der Waals surface area contributed by atoms with Crippen molar-refractivity contribution in [2.75, 3.05) is 6.54 Å². The first kappa shape index (κ1) is 10.7. The largest absolute Gasteiger partial charge is 0.412 e. The molecular weight excluding hydrogens is 199 g/mol. The zero-order valence-corrected chi connectivity index (χ0v) is 7.03. The minimum absolute atomic E-state index is 0.333. The molecule has 0 aliphatic rings. The van der Waals surface area contributed by atoms with Gasteiger partial charge in [0.25, 0.3) is 5.56 Å². The Morgan fingerprint density at radius 1 is 1.57 bits per heavy atom. The SMILES string of the molecule is NCC(n1ncccc1=O)C(F)(F)F. The van der Waals surface area contributed by atoms with E-state index in [9.17, 15) is 18.0 Å². The molecule has 1 rings (SSSR count). The average Bonchev–Trinajstić information content (AvgIpc) is 2.07. The van der Waals surface area contributed by atoms with E-state index < -0.39 is 24.3 Å². The third-order valence-electron chi connectivity index (χ3n) is 1.64. The number of hydrogen-bond donors (Lipinski definition) is 1. The first-order valence-corrected chi connectivity index (χ1v) is 3.77. The Hall–Kier alpha value is -1.37. The molecule has 0 amide bonds. The van der Waals surface area contributed by atoms with E-state index in [1.54, 1.807) is 0 Å². The fourth-order valence-corrected chi connectivity index (χ4v) is 0.975. The Kier molecular flexibility index (Phi) is 2.90. The number of hydrogen-bond acceptors (Lipinski definition) is 3. The van der Waals surface area contributed by atoms with Crippen LogP contribution in [0.1, 0.15) is 6.04 Å². The van der Waals surface area contributed by atoms with Crippen LogP contribution in [-0.2, 0) is 0 Å². The van der Waals surface area contributed by atoms with E-state index in [0.717, 1.165) is 12.3 Å². The van der Waals surface area contributed by atoms with Gasteiger partial charge in [0, 0.05) is 18.8 Å². The van der Waals surface area contributed by atoms with E-state index >= 15 is 0 Å². The van der Waals surface area contributed by atoms with Crippen molar-refractivity contribution in [3.8, 4) is 0 Å². The lowest BCUT2D eigenvalue weighted by molar-refractivity contribution is -0.168. The molecule has 4 nitrogen and oxygen atoms in total. The van der Waals surface area contributed by atoms with Gasteiger partial charge in [-0.15, -0.1) is 0 Å². The summed E-state index contributed by atoms with van der Waals surface area (Å²) in [6.45, 7) is -0.708. The van der Waals surface area contributed by atoms with Gasteiger partial charge in [-0.25, -0.2) is 4.68 Å². The molecule has 0 aromatic carbocycles. The minimum Gasteiger partial charge on any atom is -0.328 e. The van der Waals surface area contributed by atoms with Crippen LogP contribution in [0.25, 0.3) is 0 Å². The van der Waals surface area contributed by atoms with Crippen molar-refractivity contribution in [3.05, 3.63) is 28.7 Å². The molecule has 14 heavy (non-hydrogen) atoms. The normalized spacial score (nSPS) is 14.0. The lowest BCUT2D eigenvalue weighted by Crippen LogP contribution is -2.39. The Bertz CT molecular complexity index is 360. The Labute approximate surface area is 77.1 Å². The van der Waals surface area contributed by atoms with Gasteiger partial charge in [-0.05, 0) is 6.07 Å². The molecule has 1 heterocycles. The smallest absolute Gasteiger partial charge is 0.328 e. The van der Waals surface area contributed by atoms with Gasteiger partial charge in [0.05, 0.1) is 0 Å². The molecule has 0 saturated carbocycles. The summed E-state index contributed by atoms with van der Waals surface area (Å²) in [5.41, 5.74) is 4.12. The predicted octanol–water partition coefficient (Wildman–Crippen LogP) is 0.305. The quantitative estimate of drug-likeness (QED) is 0.758. The molecule has 0 bridgehead atoms. The molecule has 1 aromatic rings. The summed E-state index contributed by atoms with van der Waals surface area (Å²) in [5, 5.41) is 3.32. The highest BCUT2D eigenvalue weighted by Gasteiger charge is 2.41. The van der Waals surface area contributed by atoms with Crippen molar-refractivity contribution in [1.29, 1.82) is 0 Å². The lowest BCUT2D eigenvalue weighted by atomic mass is 10.3. The maximum absolute atomic E-state index is 12.3. The maximum Gasteiger partial charge on any atom is 0.412 e. The highest BCUT2D eigenvalue weighted by molar-refractivity contribution is 4.88. The van der Waals surface area contributed by atoms with E-state index in [4.69, 9.17) is 5.73 Å². The maximum atomic E-state index is 12.3. The number of nitrogens with zero attached hydrogens (tertiary/aromatic N) is 2. The molecule has 1 unspecified atom stereocenters. The number of nitrogens with two attached hydrogens (primary N) is 1. The van der Waals surface area contributed by atoms with E-state index in [1.165, 1.54) is 6.07 Å². The van der Waals surface area contributed by atoms with Crippen molar-refractivity contribution < 1.29 is 13.2 Å². The van der Waals surface area contributed by atoms with Crippen LogP contribution in [0.3, 0.4) is 0 Å². The summed E-state index contributed by atoms with van der Waals surface area (Å²) in [7, 11) is 0. The van der Waals surface area contributed by atoms with Gasteiger partial charge >= 0.3 is 6.18 Å².